The molecule has 1 aliphatic rings. The van der Waals surface area contributed by atoms with Gasteiger partial charge in [0.25, 0.3) is 0 Å². The van der Waals surface area contributed by atoms with Crippen molar-refractivity contribution in [2.24, 2.45) is 0 Å². The first-order chi connectivity index (χ1) is 12.1. The zero-order valence-corrected chi connectivity index (χ0v) is 14.9. The summed E-state index contributed by atoms with van der Waals surface area (Å²) in [6.07, 6.45) is -3.48. The number of hydrogen-bond donors (Lipinski definition) is 0. The van der Waals surface area contributed by atoms with E-state index in [9.17, 15) is 21.6 Å². The lowest BCUT2D eigenvalue weighted by molar-refractivity contribution is -0.155. The first-order valence-corrected chi connectivity index (χ1v) is 9.24. The predicted molar refractivity (Wildman–Crippen MR) is 82.7 cm³/mol. The van der Waals surface area contributed by atoms with E-state index in [2.05, 4.69) is 9.68 Å². The molecule has 0 aliphatic carbocycles. The van der Waals surface area contributed by atoms with Gasteiger partial charge in [0.15, 0.2) is 5.76 Å². The van der Waals surface area contributed by atoms with Gasteiger partial charge in [0.1, 0.15) is 16.3 Å². The molecule has 7 nitrogen and oxygen atoms in total. The van der Waals surface area contributed by atoms with Gasteiger partial charge in [-0.2, -0.15) is 17.5 Å². The molecule has 11 heteroatoms. The van der Waals surface area contributed by atoms with E-state index in [-0.39, 0.29) is 34.8 Å². The van der Waals surface area contributed by atoms with Gasteiger partial charge in [-0.05, 0) is 19.8 Å². The minimum absolute atomic E-state index is 0.0658. The Hall–Kier alpha value is -1.85. The summed E-state index contributed by atoms with van der Waals surface area (Å²) in [5.74, 6) is -1.33. The molecule has 2 aromatic heterocycles. The lowest BCUT2D eigenvalue weighted by atomic mass is 10.1. The highest BCUT2D eigenvalue weighted by Gasteiger charge is 2.37. The molecule has 3 heterocycles. The normalized spacial score (nSPS) is 19.8. The molecule has 1 aliphatic heterocycles. The Balaban J connectivity index is 1.91. The van der Waals surface area contributed by atoms with E-state index in [0.717, 1.165) is 6.42 Å². The van der Waals surface area contributed by atoms with Crippen LogP contribution in [0, 0.1) is 6.92 Å². The Labute approximate surface area is 147 Å². The molecule has 0 spiro atoms. The molecular weight excluding hydrogens is 377 g/mol. The molecule has 144 valence electrons. The maximum atomic E-state index is 12.9. The number of aromatic nitrogens is 1. The maximum absolute atomic E-state index is 12.9. The molecule has 0 radical (unpaired) electrons. The minimum atomic E-state index is -4.69. The first kappa shape index (κ1) is 18.9. The van der Waals surface area contributed by atoms with E-state index in [1.165, 1.54) is 24.4 Å². The summed E-state index contributed by atoms with van der Waals surface area (Å²) in [6.45, 7) is 1.98. The van der Waals surface area contributed by atoms with Gasteiger partial charge in [-0.15, -0.1) is 0 Å². The summed E-state index contributed by atoms with van der Waals surface area (Å²) in [5, 5.41) is 3.31. The number of hydrogen-bond acceptors (Lipinski definition) is 6. The van der Waals surface area contributed by atoms with Crippen molar-refractivity contribution in [1.82, 2.24) is 9.46 Å². The SMILES string of the molecule is COC1CCCN(S(=O)(=O)c2cc(-c3cc(C(F)(F)F)on3)oc2C)C1. The van der Waals surface area contributed by atoms with Crippen LogP contribution in [-0.2, 0) is 20.9 Å². The van der Waals surface area contributed by atoms with Gasteiger partial charge < -0.3 is 13.7 Å². The van der Waals surface area contributed by atoms with Crippen LogP contribution in [0.3, 0.4) is 0 Å². The molecule has 0 aromatic carbocycles. The van der Waals surface area contributed by atoms with Crippen LogP contribution < -0.4 is 0 Å². The molecule has 0 saturated carbocycles. The van der Waals surface area contributed by atoms with E-state index in [4.69, 9.17) is 9.15 Å². The van der Waals surface area contributed by atoms with Gasteiger partial charge in [0.05, 0.1) is 6.10 Å². The van der Waals surface area contributed by atoms with Crippen LogP contribution in [0.1, 0.15) is 24.4 Å². The fourth-order valence-corrected chi connectivity index (χ4v) is 4.50. The Bertz CT molecular complexity index is 887. The number of aryl methyl sites for hydroxylation is 1. The number of halogens is 3. The van der Waals surface area contributed by atoms with Gasteiger partial charge in [-0.1, -0.05) is 5.16 Å². The number of rotatable bonds is 4. The van der Waals surface area contributed by atoms with E-state index in [1.54, 1.807) is 0 Å². The molecular formula is C15H17F3N2O5S. The quantitative estimate of drug-likeness (QED) is 0.792. The summed E-state index contributed by atoms with van der Waals surface area (Å²) >= 11 is 0. The molecule has 1 fully saturated rings. The van der Waals surface area contributed by atoms with Crippen molar-refractivity contribution in [2.75, 3.05) is 20.2 Å². The number of furan rings is 1. The number of methoxy groups -OCH3 is 1. The lowest BCUT2D eigenvalue weighted by Crippen LogP contribution is -2.42. The number of alkyl halides is 3. The summed E-state index contributed by atoms with van der Waals surface area (Å²) < 4.78 is 79.7. The van der Waals surface area contributed by atoms with Gasteiger partial charge in [0.2, 0.25) is 15.8 Å². The molecule has 3 rings (SSSR count). The highest BCUT2D eigenvalue weighted by molar-refractivity contribution is 7.89. The Morgan fingerprint density at radius 1 is 1.35 bits per heavy atom. The van der Waals surface area contributed by atoms with Gasteiger partial charge in [0, 0.05) is 32.3 Å². The molecule has 1 saturated heterocycles. The van der Waals surface area contributed by atoms with Crippen LogP contribution in [0.2, 0.25) is 0 Å². The standard InChI is InChI=1S/C15H17F3N2O5S/c1-9-13(26(21,22)20-5-3-4-10(8-20)23-2)7-12(24-9)11-6-14(25-19-11)15(16,17)18/h6-7,10H,3-5,8H2,1-2H3. The van der Waals surface area contributed by atoms with Gasteiger partial charge >= 0.3 is 6.18 Å². The summed E-state index contributed by atoms with van der Waals surface area (Å²) in [4.78, 5) is -0.110. The monoisotopic (exact) mass is 394 g/mol. The highest BCUT2D eigenvalue weighted by atomic mass is 32.2. The average molecular weight is 394 g/mol. The van der Waals surface area contributed by atoms with Crippen molar-refractivity contribution in [3.05, 3.63) is 23.7 Å². The number of sulfonamides is 1. The second-order valence-corrected chi connectivity index (χ2v) is 7.87. The average Bonchev–Trinajstić information content (AvgIpc) is 3.21. The Morgan fingerprint density at radius 2 is 2.08 bits per heavy atom. The Kier molecular flexibility index (Phi) is 4.88. The third-order valence-corrected chi connectivity index (χ3v) is 6.18. The van der Waals surface area contributed by atoms with Crippen LogP contribution in [-0.4, -0.2) is 44.2 Å². The first-order valence-electron chi connectivity index (χ1n) is 7.80. The van der Waals surface area contributed by atoms with Crippen molar-refractivity contribution in [2.45, 2.75) is 36.9 Å². The van der Waals surface area contributed by atoms with Crippen molar-refractivity contribution >= 4 is 10.0 Å². The summed E-state index contributed by atoms with van der Waals surface area (Å²) in [6, 6.07) is 1.83. The minimum Gasteiger partial charge on any atom is -0.458 e. The number of nitrogens with zero attached hydrogens (tertiary/aromatic N) is 2. The third kappa shape index (κ3) is 3.51. The van der Waals surface area contributed by atoms with Crippen molar-refractivity contribution in [1.29, 1.82) is 0 Å². The van der Waals surface area contributed by atoms with Gasteiger partial charge in [-0.3, -0.25) is 0 Å². The van der Waals surface area contributed by atoms with E-state index < -0.39 is 22.0 Å². The van der Waals surface area contributed by atoms with Crippen molar-refractivity contribution in [3.63, 3.8) is 0 Å². The largest absolute Gasteiger partial charge is 0.458 e. The van der Waals surface area contributed by atoms with Crippen LogP contribution in [0.4, 0.5) is 13.2 Å². The zero-order valence-electron chi connectivity index (χ0n) is 14.0. The van der Waals surface area contributed by atoms with E-state index in [0.29, 0.717) is 19.0 Å². The van der Waals surface area contributed by atoms with E-state index in [1.807, 2.05) is 0 Å². The highest BCUT2D eigenvalue weighted by Crippen LogP contribution is 2.35. The van der Waals surface area contributed by atoms with Crippen LogP contribution >= 0.6 is 0 Å². The second kappa shape index (κ2) is 6.71. The maximum Gasteiger partial charge on any atom is 0.452 e. The molecule has 0 amide bonds. The summed E-state index contributed by atoms with van der Waals surface area (Å²) in [5.41, 5.74) is -0.227. The zero-order chi connectivity index (χ0) is 19.1. The van der Waals surface area contributed by atoms with Crippen LogP contribution in [0.25, 0.3) is 11.5 Å². The van der Waals surface area contributed by atoms with Crippen LogP contribution in [0.15, 0.2) is 26.0 Å². The molecule has 0 N–H and O–H groups in total. The molecule has 0 bridgehead atoms. The van der Waals surface area contributed by atoms with Crippen LogP contribution in [0.5, 0.6) is 0 Å². The predicted octanol–water partition coefficient (Wildman–Crippen LogP) is 3.06. The molecule has 1 atom stereocenters. The van der Waals surface area contributed by atoms with Crippen molar-refractivity contribution in [3.8, 4) is 11.5 Å². The fourth-order valence-electron chi connectivity index (χ4n) is 2.83. The Morgan fingerprint density at radius 3 is 2.69 bits per heavy atom. The van der Waals surface area contributed by atoms with E-state index >= 15 is 0 Å². The van der Waals surface area contributed by atoms with Crippen molar-refractivity contribution < 1.29 is 35.3 Å². The smallest absolute Gasteiger partial charge is 0.452 e. The molecule has 26 heavy (non-hydrogen) atoms. The lowest BCUT2D eigenvalue weighted by Gasteiger charge is -2.30. The summed E-state index contributed by atoms with van der Waals surface area (Å²) in [7, 11) is -2.35. The molecule has 2 aromatic rings. The van der Waals surface area contributed by atoms with Gasteiger partial charge in [-0.25, -0.2) is 8.42 Å². The third-order valence-electron chi connectivity index (χ3n) is 4.21. The molecule has 1 unspecified atom stereocenters. The number of ether oxygens (including phenoxy) is 1. The number of piperidine rings is 1. The fraction of sp³-hybridized carbons (Fsp3) is 0.533. The topological polar surface area (TPSA) is 85.8 Å². The second-order valence-electron chi connectivity index (χ2n) is 5.97.